The summed E-state index contributed by atoms with van der Waals surface area (Å²) in [5, 5.41) is 0. The first-order valence-electron chi connectivity index (χ1n) is 4.07. The molecule has 0 aliphatic carbocycles. The summed E-state index contributed by atoms with van der Waals surface area (Å²) in [6, 6.07) is 4.29. The predicted octanol–water partition coefficient (Wildman–Crippen LogP) is 1.88. The van der Waals surface area contributed by atoms with Crippen LogP contribution in [0.25, 0.3) is 0 Å². The minimum absolute atomic E-state index is 0.0932. The monoisotopic (exact) mass is 233 g/mol. The summed E-state index contributed by atoms with van der Waals surface area (Å²) >= 11 is 1.62. The highest BCUT2D eigenvalue weighted by molar-refractivity contribution is 7.99. The van der Waals surface area contributed by atoms with Crippen molar-refractivity contribution in [2.24, 2.45) is 0 Å². The van der Waals surface area contributed by atoms with Crippen molar-refractivity contribution in [3.8, 4) is 0 Å². The van der Waals surface area contributed by atoms with E-state index in [1.807, 2.05) is 6.26 Å². The Hall–Kier alpha value is -0.550. The fraction of sp³-hybridized carbons (Fsp3) is 0.333. The highest BCUT2D eigenvalue weighted by atomic mass is 32.2. The van der Waals surface area contributed by atoms with E-state index in [4.69, 9.17) is 5.73 Å². The van der Waals surface area contributed by atoms with Gasteiger partial charge in [0, 0.05) is 16.4 Å². The van der Waals surface area contributed by atoms with Gasteiger partial charge in [-0.2, -0.15) is 11.8 Å². The van der Waals surface area contributed by atoms with Crippen molar-refractivity contribution in [1.29, 1.82) is 0 Å². The molecule has 0 aliphatic heterocycles. The van der Waals surface area contributed by atoms with Crippen LogP contribution in [0.4, 0.5) is 10.1 Å². The molecule has 0 saturated heterocycles. The molecular weight excluding hydrogens is 221 g/mol. The van der Waals surface area contributed by atoms with E-state index >= 15 is 0 Å². The molecule has 0 fully saturated rings. The largest absolute Gasteiger partial charge is 0.396 e. The predicted molar refractivity (Wildman–Crippen MR) is 60.5 cm³/mol. The standard InChI is InChI=1S/C9H12FNOS2/c1-13-4-5-14(12)7-2-3-9(11)8(10)6-7/h2-3,6H,4-5,11H2,1H3. The zero-order valence-electron chi connectivity index (χ0n) is 7.83. The summed E-state index contributed by atoms with van der Waals surface area (Å²) in [6.45, 7) is 0. The third-order valence-corrected chi connectivity index (χ3v) is 3.93. The van der Waals surface area contributed by atoms with Crippen LogP contribution in [0.2, 0.25) is 0 Å². The third-order valence-electron chi connectivity index (χ3n) is 1.71. The average molecular weight is 233 g/mol. The molecule has 1 unspecified atom stereocenters. The molecule has 78 valence electrons. The minimum Gasteiger partial charge on any atom is -0.396 e. The lowest BCUT2D eigenvalue weighted by Crippen LogP contribution is -2.01. The SMILES string of the molecule is CSCCS(=O)c1ccc(N)c(F)c1. The molecule has 0 aliphatic rings. The number of hydrogen-bond donors (Lipinski definition) is 1. The number of thioether (sulfide) groups is 1. The van der Waals surface area contributed by atoms with Gasteiger partial charge in [0.2, 0.25) is 0 Å². The fourth-order valence-corrected chi connectivity index (χ4v) is 2.89. The van der Waals surface area contributed by atoms with Crippen molar-refractivity contribution in [3.05, 3.63) is 24.0 Å². The van der Waals surface area contributed by atoms with Gasteiger partial charge >= 0.3 is 0 Å². The quantitative estimate of drug-likeness (QED) is 0.807. The van der Waals surface area contributed by atoms with Gasteiger partial charge in [-0.25, -0.2) is 4.39 Å². The van der Waals surface area contributed by atoms with Gasteiger partial charge in [-0.1, -0.05) is 0 Å². The maximum Gasteiger partial charge on any atom is 0.147 e. The van der Waals surface area contributed by atoms with Crippen LogP contribution in [-0.2, 0) is 10.8 Å². The van der Waals surface area contributed by atoms with Gasteiger partial charge in [-0.3, -0.25) is 4.21 Å². The number of halogens is 1. The first-order valence-corrected chi connectivity index (χ1v) is 6.78. The Balaban J connectivity index is 2.76. The maximum absolute atomic E-state index is 13.0. The summed E-state index contributed by atoms with van der Waals surface area (Å²) in [5.74, 6) is 0.850. The Morgan fingerprint density at radius 3 is 2.86 bits per heavy atom. The topological polar surface area (TPSA) is 43.1 Å². The Labute approximate surface area is 89.5 Å². The number of anilines is 1. The maximum atomic E-state index is 13.0. The molecule has 1 aromatic carbocycles. The lowest BCUT2D eigenvalue weighted by atomic mass is 10.3. The zero-order valence-corrected chi connectivity index (χ0v) is 9.46. The molecule has 1 aromatic rings. The van der Waals surface area contributed by atoms with Crippen molar-refractivity contribution in [2.45, 2.75) is 4.90 Å². The fourth-order valence-electron chi connectivity index (χ4n) is 0.926. The van der Waals surface area contributed by atoms with Crippen LogP contribution in [0.3, 0.4) is 0 Å². The molecule has 0 aromatic heterocycles. The molecule has 1 atom stereocenters. The van der Waals surface area contributed by atoms with Gasteiger partial charge in [-0.15, -0.1) is 0 Å². The van der Waals surface area contributed by atoms with Gasteiger partial charge in [-0.05, 0) is 24.5 Å². The number of nitrogen functional groups attached to an aromatic ring is 1. The van der Waals surface area contributed by atoms with Gasteiger partial charge < -0.3 is 5.73 Å². The molecule has 0 bridgehead atoms. The number of rotatable bonds is 4. The van der Waals surface area contributed by atoms with Crippen LogP contribution in [0, 0.1) is 5.82 Å². The molecule has 0 spiro atoms. The van der Waals surface area contributed by atoms with E-state index in [2.05, 4.69) is 0 Å². The lowest BCUT2D eigenvalue weighted by Gasteiger charge is -2.02. The smallest absolute Gasteiger partial charge is 0.147 e. The number of nitrogens with two attached hydrogens (primary N) is 1. The Kier molecular flexibility index (Phi) is 4.41. The van der Waals surface area contributed by atoms with Gasteiger partial charge in [0.05, 0.1) is 16.5 Å². The van der Waals surface area contributed by atoms with Crippen LogP contribution in [0.1, 0.15) is 0 Å². The molecule has 14 heavy (non-hydrogen) atoms. The van der Waals surface area contributed by atoms with E-state index < -0.39 is 16.6 Å². The second-order valence-corrected chi connectivity index (χ2v) is 5.28. The van der Waals surface area contributed by atoms with Crippen molar-refractivity contribution in [2.75, 3.05) is 23.5 Å². The van der Waals surface area contributed by atoms with Crippen molar-refractivity contribution in [1.82, 2.24) is 0 Å². The van der Waals surface area contributed by atoms with E-state index in [9.17, 15) is 8.60 Å². The van der Waals surface area contributed by atoms with Gasteiger partial charge in [0.15, 0.2) is 0 Å². The average Bonchev–Trinajstić information content (AvgIpc) is 2.18. The van der Waals surface area contributed by atoms with Crippen molar-refractivity contribution < 1.29 is 8.60 Å². The minimum atomic E-state index is -1.12. The van der Waals surface area contributed by atoms with Crippen LogP contribution in [0.5, 0.6) is 0 Å². The van der Waals surface area contributed by atoms with Crippen molar-refractivity contribution in [3.63, 3.8) is 0 Å². The number of hydrogen-bond acceptors (Lipinski definition) is 3. The Bertz CT molecular complexity index is 344. The molecule has 1 rings (SSSR count). The molecule has 2 N–H and O–H groups in total. The molecule has 0 heterocycles. The van der Waals surface area contributed by atoms with E-state index in [0.717, 1.165) is 5.75 Å². The van der Waals surface area contributed by atoms with E-state index in [1.165, 1.54) is 12.1 Å². The molecule has 0 saturated carbocycles. The first kappa shape index (κ1) is 11.5. The summed E-state index contributed by atoms with van der Waals surface area (Å²) < 4.78 is 24.6. The molecule has 2 nitrogen and oxygen atoms in total. The highest BCUT2D eigenvalue weighted by Gasteiger charge is 2.06. The number of benzene rings is 1. The second-order valence-electron chi connectivity index (χ2n) is 2.73. The van der Waals surface area contributed by atoms with E-state index in [1.54, 1.807) is 17.8 Å². The summed E-state index contributed by atoms with van der Waals surface area (Å²) in [7, 11) is -1.12. The van der Waals surface area contributed by atoms with Crippen LogP contribution < -0.4 is 5.73 Å². The first-order chi connectivity index (χ1) is 6.65. The molecular formula is C9H12FNOS2. The normalized spacial score (nSPS) is 12.7. The van der Waals surface area contributed by atoms with Crippen LogP contribution in [-0.4, -0.2) is 22.0 Å². The lowest BCUT2D eigenvalue weighted by molar-refractivity contribution is 0.627. The molecule has 0 amide bonds. The summed E-state index contributed by atoms with van der Waals surface area (Å²) in [4.78, 5) is 0.505. The summed E-state index contributed by atoms with van der Waals surface area (Å²) in [5.41, 5.74) is 5.40. The summed E-state index contributed by atoms with van der Waals surface area (Å²) in [6.07, 6.45) is 1.95. The molecule has 5 heteroatoms. The highest BCUT2D eigenvalue weighted by Crippen LogP contribution is 2.15. The Morgan fingerprint density at radius 1 is 1.57 bits per heavy atom. The third kappa shape index (κ3) is 2.99. The van der Waals surface area contributed by atoms with Gasteiger partial charge in [0.1, 0.15) is 5.82 Å². The van der Waals surface area contributed by atoms with Crippen LogP contribution >= 0.6 is 11.8 Å². The van der Waals surface area contributed by atoms with E-state index in [0.29, 0.717) is 10.6 Å². The van der Waals surface area contributed by atoms with Crippen molar-refractivity contribution >= 4 is 28.2 Å². The van der Waals surface area contributed by atoms with E-state index in [-0.39, 0.29) is 5.69 Å². The second kappa shape index (κ2) is 5.36. The Morgan fingerprint density at radius 2 is 2.29 bits per heavy atom. The van der Waals surface area contributed by atoms with Gasteiger partial charge in [0.25, 0.3) is 0 Å². The van der Waals surface area contributed by atoms with Crippen LogP contribution in [0.15, 0.2) is 23.1 Å². The molecule has 0 radical (unpaired) electrons. The zero-order chi connectivity index (χ0) is 10.6.